The Hall–Kier alpha value is -2.04. The molecule has 2 heterocycles. The van der Waals surface area contributed by atoms with Crippen LogP contribution in [0.5, 0.6) is 0 Å². The average Bonchev–Trinajstić information content (AvgIpc) is 2.63. The second kappa shape index (κ2) is 8.18. The van der Waals surface area contributed by atoms with Gasteiger partial charge in [-0.15, -0.1) is 6.58 Å². The molecule has 2 aromatic rings. The Bertz CT molecular complexity index is 646. The molecule has 1 aliphatic rings. The molecule has 0 saturated carbocycles. The van der Waals surface area contributed by atoms with E-state index in [-0.39, 0.29) is 12.1 Å². The average molecular weight is 327 g/mol. The van der Waals surface area contributed by atoms with Gasteiger partial charge in [-0.25, -0.2) is 4.39 Å². The first kappa shape index (κ1) is 16.8. The third-order valence-electron chi connectivity index (χ3n) is 4.19. The van der Waals surface area contributed by atoms with Crippen molar-refractivity contribution in [2.45, 2.75) is 25.6 Å². The maximum atomic E-state index is 13.0. The Kier molecular flexibility index (Phi) is 5.72. The third-order valence-corrected chi connectivity index (χ3v) is 4.19. The molecule has 1 aliphatic heterocycles. The van der Waals surface area contributed by atoms with Crippen molar-refractivity contribution >= 4 is 0 Å². The van der Waals surface area contributed by atoms with Crippen LogP contribution in [-0.2, 0) is 9.47 Å². The molecule has 126 valence electrons. The van der Waals surface area contributed by atoms with Gasteiger partial charge in [0.2, 0.25) is 0 Å². The maximum Gasteiger partial charge on any atom is 0.185 e. The number of rotatable bonds is 6. The Labute approximate surface area is 142 Å². The summed E-state index contributed by atoms with van der Waals surface area (Å²) in [4.78, 5) is 4.44. The molecule has 0 atom stereocenters. The predicted octanol–water partition coefficient (Wildman–Crippen LogP) is 4.91. The predicted molar refractivity (Wildman–Crippen MR) is 91.8 cm³/mol. The second-order valence-corrected chi connectivity index (χ2v) is 6.07. The lowest BCUT2D eigenvalue weighted by atomic mass is 10.0. The number of aromatic nitrogens is 1. The number of hydrogen-bond donors (Lipinski definition) is 0. The Balaban J connectivity index is 1.56. The topological polar surface area (TPSA) is 31.4 Å². The van der Waals surface area contributed by atoms with Crippen LogP contribution in [-0.4, -0.2) is 18.2 Å². The van der Waals surface area contributed by atoms with Gasteiger partial charge in [0.1, 0.15) is 5.82 Å². The van der Waals surface area contributed by atoms with E-state index < -0.39 is 0 Å². The fourth-order valence-electron chi connectivity index (χ4n) is 2.79. The van der Waals surface area contributed by atoms with Crippen molar-refractivity contribution in [3.05, 3.63) is 66.6 Å². The number of pyridine rings is 1. The van der Waals surface area contributed by atoms with Crippen molar-refractivity contribution in [2.24, 2.45) is 5.92 Å². The highest BCUT2D eigenvalue weighted by Gasteiger charge is 2.23. The fourth-order valence-corrected chi connectivity index (χ4v) is 2.79. The highest BCUT2D eigenvalue weighted by Crippen LogP contribution is 2.28. The number of allylic oxidation sites excluding steroid dienone is 1. The molecule has 1 aromatic heterocycles. The lowest BCUT2D eigenvalue weighted by Crippen LogP contribution is -2.27. The minimum absolute atomic E-state index is 0.248. The van der Waals surface area contributed by atoms with E-state index in [2.05, 4.69) is 11.6 Å². The van der Waals surface area contributed by atoms with Crippen molar-refractivity contribution in [3.63, 3.8) is 0 Å². The Morgan fingerprint density at radius 2 is 1.88 bits per heavy atom. The van der Waals surface area contributed by atoms with Gasteiger partial charge in [0.05, 0.1) is 18.9 Å². The van der Waals surface area contributed by atoms with E-state index in [4.69, 9.17) is 9.47 Å². The molecule has 0 spiro atoms. The molecule has 1 saturated heterocycles. The van der Waals surface area contributed by atoms with Crippen LogP contribution in [0.25, 0.3) is 11.3 Å². The van der Waals surface area contributed by atoms with E-state index >= 15 is 0 Å². The van der Waals surface area contributed by atoms with E-state index in [9.17, 15) is 4.39 Å². The number of benzene rings is 1. The minimum atomic E-state index is -0.351. The number of ether oxygens (including phenoxy) is 2. The molecule has 0 amide bonds. The lowest BCUT2D eigenvalue weighted by molar-refractivity contribution is -0.206. The first-order valence-electron chi connectivity index (χ1n) is 8.32. The van der Waals surface area contributed by atoms with Gasteiger partial charge in [-0.2, -0.15) is 0 Å². The summed E-state index contributed by atoms with van der Waals surface area (Å²) >= 11 is 0. The highest BCUT2D eigenvalue weighted by atomic mass is 19.1. The Morgan fingerprint density at radius 3 is 2.50 bits per heavy atom. The summed E-state index contributed by atoms with van der Waals surface area (Å²) < 4.78 is 24.6. The van der Waals surface area contributed by atoms with Crippen LogP contribution < -0.4 is 0 Å². The quantitative estimate of drug-likeness (QED) is 0.558. The molecule has 0 unspecified atom stereocenters. The van der Waals surface area contributed by atoms with Crippen LogP contribution in [0.3, 0.4) is 0 Å². The smallest absolute Gasteiger partial charge is 0.185 e. The molecule has 0 radical (unpaired) electrons. The molecule has 1 fully saturated rings. The molecule has 0 aliphatic carbocycles. The summed E-state index contributed by atoms with van der Waals surface area (Å²) in [6, 6.07) is 10.2. The molecule has 3 nitrogen and oxygen atoms in total. The molecule has 1 aromatic carbocycles. The summed E-state index contributed by atoms with van der Waals surface area (Å²) in [7, 11) is 0. The normalized spacial score (nSPS) is 20.7. The highest BCUT2D eigenvalue weighted by molar-refractivity contribution is 5.58. The summed E-state index contributed by atoms with van der Waals surface area (Å²) in [5.74, 6) is 0.203. The van der Waals surface area contributed by atoms with Gasteiger partial charge in [0, 0.05) is 23.2 Å². The van der Waals surface area contributed by atoms with Crippen LogP contribution in [0.15, 0.2) is 55.3 Å². The summed E-state index contributed by atoms with van der Waals surface area (Å²) in [5.41, 5.74) is 2.60. The number of unbranched alkanes of at least 4 members (excludes halogenated alkanes) is 1. The first-order valence-corrected chi connectivity index (χ1v) is 8.32. The summed E-state index contributed by atoms with van der Waals surface area (Å²) in [5, 5.41) is 0. The van der Waals surface area contributed by atoms with Gasteiger partial charge >= 0.3 is 0 Å². The zero-order chi connectivity index (χ0) is 16.8. The number of hydrogen-bond acceptors (Lipinski definition) is 3. The third kappa shape index (κ3) is 4.28. The molecule has 4 heteroatoms. The second-order valence-electron chi connectivity index (χ2n) is 6.07. The fraction of sp³-hybridized carbons (Fsp3) is 0.350. The van der Waals surface area contributed by atoms with Gasteiger partial charge < -0.3 is 9.47 Å². The van der Waals surface area contributed by atoms with Gasteiger partial charge in [-0.05, 0) is 49.6 Å². The molecule has 0 N–H and O–H groups in total. The largest absolute Gasteiger partial charge is 0.348 e. The maximum absolute atomic E-state index is 13.0. The zero-order valence-corrected chi connectivity index (χ0v) is 13.7. The monoisotopic (exact) mass is 327 g/mol. The summed E-state index contributed by atoms with van der Waals surface area (Å²) in [6.07, 6.45) is 6.62. The molecular formula is C20H22FNO2. The first-order chi connectivity index (χ1) is 11.8. The van der Waals surface area contributed by atoms with Crippen molar-refractivity contribution in [1.82, 2.24) is 4.98 Å². The molecule has 3 rings (SSSR count). The van der Waals surface area contributed by atoms with Crippen molar-refractivity contribution in [3.8, 4) is 11.3 Å². The zero-order valence-electron chi connectivity index (χ0n) is 13.7. The van der Waals surface area contributed by atoms with E-state index in [1.54, 1.807) is 18.3 Å². The van der Waals surface area contributed by atoms with Gasteiger partial charge in [-0.3, -0.25) is 4.98 Å². The van der Waals surface area contributed by atoms with E-state index in [0.717, 1.165) is 36.1 Å². The molecule has 0 bridgehead atoms. The lowest BCUT2D eigenvalue weighted by Gasteiger charge is -2.29. The van der Waals surface area contributed by atoms with Crippen LogP contribution in [0.4, 0.5) is 4.39 Å². The van der Waals surface area contributed by atoms with Crippen LogP contribution in [0.2, 0.25) is 0 Å². The van der Waals surface area contributed by atoms with Gasteiger partial charge in [0.25, 0.3) is 0 Å². The van der Waals surface area contributed by atoms with Gasteiger partial charge in [0.15, 0.2) is 6.29 Å². The number of halogens is 1. The SMILES string of the molecule is C=CCCCC1COC(c2ccc(-c3ccc(F)cc3)nc2)OC1. The minimum Gasteiger partial charge on any atom is -0.348 e. The summed E-state index contributed by atoms with van der Waals surface area (Å²) in [6.45, 7) is 5.16. The van der Waals surface area contributed by atoms with E-state index in [1.165, 1.54) is 12.1 Å². The van der Waals surface area contributed by atoms with Crippen LogP contribution in [0, 0.1) is 11.7 Å². The Morgan fingerprint density at radius 1 is 1.12 bits per heavy atom. The van der Waals surface area contributed by atoms with Crippen LogP contribution >= 0.6 is 0 Å². The van der Waals surface area contributed by atoms with E-state index in [0.29, 0.717) is 19.1 Å². The van der Waals surface area contributed by atoms with Crippen LogP contribution in [0.1, 0.15) is 31.1 Å². The van der Waals surface area contributed by atoms with Crippen molar-refractivity contribution < 1.29 is 13.9 Å². The molecular weight excluding hydrogens is 305 g/mol. The van der Waals surface area contributed by atoms with Crippen molar-refractivity contribution in [2.75, 3.05) is 13.2 Å². The van der Waals surface area contributed by atoms with Crippen molar-refractivity contribution in [1.29, 1.82) is 0 Å². The van der Waals surface area contributed by atoms with Gasteiger partial charge in [-0.1, -0.05) is 12.1 Å². The standard InChI is InChI=1S/C20H22FNO2/c1-2-3-4-5-15-13-23-20(24-14-15)17-8-11-19(22-12-17)16-6-9-18(21)10-7-16/h2,6-12,15,20H,1,3-5,13-14H2. The number of nitrogens with zero attached hydrogens (tertiary/aromatic N) is 1. The molecule has 24 heavy (non-hydrogen) atoms. The van der Waals surface area contributed by atoms with E-state index in [1.807, 2.05) is 18.2 Å².